The Balaban J connectivity index is 0.00000484. The van der Waals surface area contributed by atoms with Crippen molar-refractivity contribution in [2.45, 2.75) is 31.4 Å². The summed E-state index contributed by atoms with van der Waals surface area (Å²) in [5.74, 6) is -0.281. The van der Waals surface area contributed by atoms with E-state index >= 15 is 0 Å². The van der Waals surface area contributed by atoms with E-state index in [0.717, 1.165) is 4.88 Å². The van der Waals surface area contributed by atoms with Crippen molar-refractivity contribution in [2.75, 3.05) is 26.2 Å². The molecule has 0 aliphatic heterocycles. The van der Waals surface area contributed by atoms with Crippen molar-refractivity contribution in [3.63, 3.8) is 0 Å². The molecule has 1 amide bonds. The first-order valence-corrected chi connectivity index (χ1v) is 9.69. The van der Waals surface area contributed by atoms with Gasteiger partial charge in [-0.3, -0.25) is 4.79 Å². The fraction of sp³-hybridized carbons (Fsp3) is 0.643. The highest BCUT2D eigenvalue weighted by Crippen LogP contribution is 2.25. The molecular formula is C14H26ClN3O3S2. The van der Waals surface area contributed by atoms with Crippen LogP contribution in [0.1, 0.15) is 25.6 Å². The summed E-state index contributed by atoms with van der Waals surface area (Å²) >= 11 is 1.26. The Morgan fingerprint density at radius 2 is 1.96 bits per heavy atom. The maximum absolute atomic E-state index is 12.4. The molecule has 0 aromatic carbocycles. The molecule has 1 unspecified atom stereocenters. The zero-order valence-electron chi connectivity index (χ0n) is 13.7. The standard InChI is InChI=1S/C14H25N3O3S2.ClH/c1-4-17(5-2)22(19,20)13-7-6-12(21-13)8-9-16-14(18)11(3)10-15;/h6-7,11H,4-5,8-10,15H2,1-3H3,(H,16,18);1H. The van der Waals surface area contributed by atoms with Crippen LogP contribution in [-0.2, 0) is 21.2 Å². The fourth-order valence-electron chi connectivity index (χ4n) is 1.91. The van der Waals surface area contributed by atoms with Crippen LogP contribution in [0.5, 0.6) is 0 Å². The predicted molar refractivity (Wildman–Crippen MR) is 96.6 cm³/mol. The van der Waals surface area contributed by atoms with Crippen LogP contribution >= 0.6 is 23.7 Å². The van der Waals surface area contributed by atoms with Gasteiger partial charge in [0.15, 0.2) is 0 Å². The monoisotopic (exact) mass is 383 g/mol. The van der Waals surface area contributed by atoms with E-state index in [-0.39, 0.29) is 24.2 Å². The molecule has 0 saturated heterocycles. The molecular weight excluding hydrogens is 358 g/mol. The largest absolute Gasteiger partial charge is 0.355 e. The Bertz CT molecular complexity index is 586. The van der Waals surface area contributed by atoms with Gasteiger partial charge in [0, 0.05) is 37.0 Å². The van der Waals surface area contributed by atoms with Crippen LogP contribution in [-0.4, -0.2) is 44.8 Å². The van der Waals surface area contributed by atoms with Crippen molar-refractivity contribution in [2.24, 2.45) is 11.7 Å². The second-order valence-corrected chi connectivity index (χ2v) is 8.32. The summed E-state index contributed by atoms with van der Waals surface area (Å²) in [5.41, 5.74) is 5.43. The highest BCUT2D eigenvalue weighted by molar-refractivity contribution is 7.91. The van der Waals surface area contributed by atoms with E-state index in [1.807, 2.05) is 13.8 Å². The number of thiophene rings is 1. The molecule has 23 heavy (non-hydrogen) atoms. The minimum absolute atomic E-state index is 0. The summed E-state index contributed by atoms with van der Waals surface area (Å²) in [6.07, 6.45) is 0.613. The Kier molecular flexibility index (Phi) is 9.95. The number of halogens is 1. The third-order valence-corrected chi connectivity index (χ3v) is 7.07. The highest BCUT2D eigenvalue weighted by atomic mass is 35.5. The Hall–Kier alpha value is -0.670. The van der Waals surface area contributed by atoms with Crippen molar-refractivity contribution >= 4 is 39.7 Å². The summed E-state index contributed by atoms with van der Waals surface area (Å²) in [6, 6.07) is 3.44. The maximum atomic E-state index is 12.4. The van der Waals surface area contributed by atoms with Crippen molar-refractivity contribution < 1.29 is 13.2 Å². The molecule has 0 radical (unpaired) electrons. The molecule has 9 heteroatoms. The minimum Gasteiger partial charge on any atom is -0.355 e. The molecule has 0 fully saturated rings. The number of nitrogens with two attached hydrogens (primary N) is 1. The van der Waals surface area contributed by atoms with E-state index in [2.05, 4.69) is 5.32 Å². The first kappa shape index (κ1) is 22.3. The summed E-state index contributed by atoms with van der Waals surface area (Å²) in [7, 11) is -3.39. The van der Waals surface area contributed by atoms with Crippen molar-refractivity contribution in [3.05, 3.63) is 17.0 Å². The van der Waals surface area contributed by atoms with Gasteiger partial charge >= 0.3 is 0 Å². The Labute approximate surface area is 148 Å². The second-order valence-electron chi connectivity index (χ2n) is 4.99. The number of rotatable bonds is 9. The van der Waals surface area contributed by atoms with Gasteiger partial charge in [-0.25, -0.2) is 8.42 Å². The van der Waals surface area contributed by atoms with E-state index in [0.29, 0.717) is 36.8 Å². The van der Waals surface area contributed by atoms with Crippen LogP contribution in [0.3, 0.4) is 0 Å². The molecule has 0 spiro atoms. The van der Waals surface area contributed by atoms with Gasteiger partial charge in [0.05, 0.1) is 0 Å². The zero-order chi connectivity index (χ0) is 16.8. The molecule has 1 aromatic heterocycles. The van der Waals surface area contributed by atoms with E-state index in [4.69, 9.17) is 5.73 Å². The molecule has 134 valence electrons. The van der Waals surface area contributed by atoms with Crippen LogP contribution in [0, 0.1) is 5.92 Å². The van der Waals surface area contributed by atoms with Gasteiger partial charge in [0.25, 0.3) is 10.0 Å². The topological polar surface area (TPSA) is 92.5 Å². The Morgan fingerprint density at radius 3 is 2.48 bits per heavy atom. The molecule has 0 aliphatic rings. The minimum atomic E-state index is -3.39. The molecule has 6 nitrogen and oxygen atoms in total. The lowest BCUT2D eigenvalue weighted by Crippen LogP contribution is -2.34. The maximum Gasteiger partial charge on any atom is 0.252 e. The van der Waals surface area contributed by atoms with Crippen molar-refractivity contribution in [1.82, 2.24) is 9.62 Å². The first-order chi connectivity index (χ1) is 10.4. The summed E-state index contributed by atoms with van der Waals surface area (Å²) in [6.45, 7) is 7.13. The van der Waals surface area contributed by atoms with E-state index in [1.165, 1.54) is 15.6 Å². The van der Waals surface area contributed by atoms with E-state index in [9.17, 15) is 13.2 Å². The number of nitrogens with zero attached hydrogens (tertiary/aromatic N) is 1. The summed E-state index contributed by atoms with van der Waals surface area (Å²) in [4.78, 5) is 12.5. The lowest BCUT2D eigenvalue weighted by Gasteiger charge is -2.16. The zero-order valence-corrected chi connectivity index (χ0v) is 16.2. The molecule has 0 aliphatic carbocycles. The van der Waals surface area contributed by atoms with Gasteiger partial charge in [-0.1, -0.05) is 20.8 Å². The third kappa shape index (κ3) is 6.04. The number of sulfonamides is 1. The van der Waals surface area contributed by atoms with Gasteiger partial charge in [-0.2, -0.15) is 4.31 Å². The normalized spacial score (nSPS) is 12.7. The van der Waals surface area contributed by atoms with Crippen molar-refractivity contribution in [3.8, 4) is 0 Å². The number of hydrogen-bond donors (Lipinski definition) is 2. The number of hydrogen-bond acceptors (Lipinski definition) is 5. The molecule has 1 rings (SSSR count). The van der Waals surface area contributed by atoms with Gasteiger partial charge in [-0.15, -0.1) is 23.7 Å². The highest BCUT2D eigenvalue weighted by Gasteiger charge is 2.23. The lowest BCUT2D eigenvalue weighted by molar-refractivity contribution is -0.124. The van der Waals surface area contributed by atoms with Crippen molar-refractivity contribution in [1.29, 1.82) is 0 Å². The number of carbonyl (C=O) groups is 1. The predicted octanol–water partition coefficient (Wildman–Crippen LogP) is 1.45. The van der Waals surface area contributed by atoms with Gasteiger partial charge in [-0.05, 0) is 18.6 Å². The van der Waals surface area contributed by atoms with E-state index < -0.39 is 10.0 Å². The van der Waals surface area contributed by atoms with Gasteiger partial charge in [0.1, 0.15) is 4.21 Å². The number of nitrogens with one attached hydrogen (secondary N) is 1. The third-order valence-electron chi connectivity index (χ3n) is 3.41. The first-order valence-electron chi connectivity index (χ1n) is 7.43. The SMILES string of the molecule is CCN(CC)S(=O)(=O)c1ccc(CCNC(=O)C(C)CN)s1.Cl. The molecule has 1 heterocycles. The van der Waals surface area contributed by atoms with Crippen LogP contribution in [0.15, 0.2) is 16.3 Å². The summed E-state index contributed by atoms with van der Waals surface area (Å²) < 4.78 is 26.5. The quantitative estimate of drug-likeness (QED) is 0.675. The second kappa shape index (κ2) is 10.2. The number of carbonyl (C=O) groups excluding carboxylic acids is 1. The number of amides is 1. The van der Waals surface area contributed by atoms with Gasteiger partial charge in [0.2, 0.25) is 5.91 Å². The van der Waals surface area contributed by atoms with Gasteiger partial charge < -0.3 is 11.1 Å². The molecule has 0 bridgehead atoms. The fourth-order valence-corrected chi connectivity index (χ4v) is 4.88. The van der Waals surface area contributed by atoms with Crippen LogP contribution in [0.2, 0.25) is 0 Å². The smallest absolute Gasteiger partial charge is 0.252 e. The molecule has 0 saturated carbocycles. The average Bonchev–Trinajstić information content (AvgIpc) is 2.96. The lowest BCUT2D eigenvalue weighted by atomic mass is 10.1. The van der Waals surface area contributed by atoms with E-state index in [1.54, 1.807) is 19.1 Å². The van der Waals surface area contributed by atoms with Crippen LogP contribution in [0.25, 0.3) is 0 Å². The Morgan fingerprint density at radius 1 is 1.35 bits per heavy atom. The van der Waals surface area contributed by atoms with Crippen LogP contribution < -0.4 is 11.1 Å². The van der Waals surface area contributed by atoms with Crippen LogP contribution in [0.4, 0.5) is 0 Å². The summed E-state index contributed by atoms with van der Waals surface area (Å²) in [5, 5.41) is 2.80. The molecule has 1 atom stereocenters. The molecule has 1 aromatic rings. The average molecular weight is 384 g/mol. The molecule has 3 N–H and O–H groups in total.